The van der Waals surface area contributed by atoms with E-state index in [1.54, 1.807) is 0 Å². The van der Waals surface area contributed by atoms with Gasteiger partial charge in [0.2, 0.25) is 0 Å². The molecule has 3 nitrogen and oxygen atoms in total. The topological polar surface area (TPSA) is 52.3 Å². The van der Waals surface area contributed by atoms with Crippen LogP contribution in [-0.2, 0) is 16.1 Å². The SMILES string of the molecule is NCC1(C(=O)OCc2ccc(Br)cc2)CCCCCC1. The van der Waals surface area contributed by atoms with Gasteiger partial charge in [0.05, 0.1) is 5.41 Å². The molecule has 0 amide bonds. The maximum Gasteiger partial charge on any atom is 0.313 e. The molecular weight excluding hydrogens is 318 g/mol. The van der Waals surface area contributed by atoms with Gasteiger partial charge >= 0.3 is 5.97 Å². The van der Waals surface area contributed by atoms with E-state index in [9.17, 15) is 4.79 Å². The molecule has 1 aromatic carbocycles. The van der Waals surface area contributed by atoms with Crippen molar-refractivity contribution in [3.63, 3.8) is 0 Å². The van der Waals surface area contributed by atoms with E-state index in [-0.39, 0.29) is 5.97 Å². The summed E-state index contributed by atoms with van der Waals surface area (Å²) in [5.74, 6) is -0.121. The van der Waals surface area contributed by atoms with Crippen LogP contribution in [0, 0.1) is 5.41 Å². The van der Waals surface area contributed by atoms with E-state index < -0.39 is 5.41 Å². The summed E-state index contributed by atoms with van der Waals surface area (Å²) in [4.78, 5) is 12.4. The van der Waals surface area contributed by atoms with Gasteiger partial charge in [0, 0.05) is 11.0 Å². The number of carbonyl (C=O) groups excluding carboxylic acids is 1. The summed E-state index contributed by atoms with van der Waals surface area (Å²) in [6.07, 6.45) is 6.27. The fourth-order valence-corrected chi connectivity index (χ4v) is 3.04. The Morgan fingerprint density at radius 3 is 2.30 bits per heavy atom. The highest BCUT2D eigenvalue weighted by molar-refractivity contribution is 9.10. The fourth-order valence-electron chi connectivity index (χ4n) is 2.78. The number of esters is 1. The molecule has 1 aromatic rings. The summed E-state index contributed by atoms with van der Waals surface area (Å²) in [5, 5.41) is 0. The van der Waals surface area contributed by atoms with Crippen LogP contribution in [0.4, 0.5) is 0 Å². The number of nitrogens with two attached hydrogens (primary N) is 1. The quantitative estimate of drug-likeness (QED) is 0.670. The normalized spacial score (nSPS) is 18.3. The molecule has 2 rings (SSSR count). The molecule has 0 saturated heterocycles. The Morgan fingerprint density at radius 1 is 1.15 bits per heavy atom. The Balaban J connectivity index is 1.96. The van der Waals surface area contributed by atoms with Gasteiger partial charge in [0.25, 0.3) is 0 Å². The third-order valence-corrected chi connectivity index (χ3v) is 4.70. The van der Waals surface area contributed by atoms with Crippen molar-refractivity contribution >= 4 is 21.9 Å². The van der Waals surface area contributed by atoms with Gasteiger partial charge in [-0.3, -0.25) is 4.79 Å². The summed E-state index contributed by atoms with van der Waals surface area (Å²) in [6.45, 7) is 0.722. The lowest BCUT2D eigenvalue weighted by atomic mass is 9.80. The monoisotopic (exact) mass is 339 g/mol. The van der Waals surface area contributed by atoms with Crippen molar-refractivity contribution in [1.82, 2.24) is 0 Å². The molecule has 2 N–H and O–H groups in total. The minimum absolute atomic E-state index is 0.121. The maximum atomic E-state index is 12.4. The highest BCUT2D eigenvalue weighted by Crippen LogP contribution is 2.35. The minimum atomic E-state index is -0.453. The molecular formula is C16H22BrNO2. The van der Waals surface area contributed by atoms with Gasteiger partial charge in [0.1, 0.15) is 6.61 Å². The van der Waals surface area contributed by atoms with Crippen LogP contribution in [0.25, 0.3) is 0 Å². The molecule has 110 valence electrons. The summed E-state index contributed by atoms with van der Waals surface area (Å²) in [5.41, 5.74) is 6.44. The van der Waals surface area contributed by atoms with Gasteiger partial charge in [-0.2, -0.15) is 0 Å². The molecule has 0 heterocycles. The Hall–Kier alpha value is -0.870. The molecule has 0 aromatic heterocycles. The van der Waals surface area contributed by atoms with Crippen LogP contribution in [0.5, 0.6) is 0 Å². The smallest absolute Gasteiger partial charge is 0.313 e. The molecule has 0 bridgehead atoms. The average molecular weight is 340 g/mol. The average Bonchev–Trinajstić information content (AvgIpc) is 2.73. The van der Waals surface area contributed by atoms with Gasteiger partial charge in [0.15, 0.2) is 0 Å². The molecule has 4 heteroatoms. The third-order valence-electron chi connectivity index (χ3n) is 4.17. The van der Waals surface area contributed by atoms with E-state index in [4.69, 9.17) is 10.5 Å². The summed E-state index contributed by atoms with van der Waals surface area (Å²) >= 11 is 3.39. The molecule has 0 aliphatic heterocycles. The first-order valence-electron chi connectivity index (χ1n) is 7.28. The summed E-state index contributed by atoms with van der Waals surface area (Å²) in [7, 11) is 0. The first kappa shape index (κ1) is 15.5. The molecule has 20 heavy (non-hydrogen) atoms. The highest BCUT2D eigenvalue weighted by atomic mass is 79.9. The van der Waals surface area contributed by atoms with Crippen molar-refractivity contribution in [2.45, 2.75) is 45.1 Å². The van der Waals surface area contributed by atoms with Crippen molar-refractivity contribution in [2.24, 2.45) is 11.1 Å². The molecule has 1 aliphatic rings. The number of rotatable bonds is 4. The molecule has 0 unspecified atom stereocenters. The number of benzene rings is 1. The van der Waals surface area contributed by atoms with Crippen LogP contribution in [0.3, 0.4) is 0 Å². The zero-order valence-corrected chi connectivity index (χ0v) is 13.3. The van der Waals surface area contributed by atoms with E-state index in [0.717, 1.165) is 35.7 Å². The van der Waals surface area contributed by atoms with Gasteiger partial charge in [-0.05, 0) is 30.5 Å². The van der Waals surface area contributed by atoms with E-state index in [2.05, 4.69) is 15.9 Å². The molecule has 0 atom stereocenters. The van der Waals surface area contributed by atoms with Crippen molar-refractivity contribution in [1.29, 1.82) is 0 Å². The fraction of sp³-hybridized carbons (Fsp3) is 0.562. The molecule has 0 spiro atoms. The van der Waals surface area contributed by atoms with Gasteiger partial charge in [-0.25, -0.2) is 0 Å². The van der Waals surface area contributed by atoms with E-state index in [1.807, 2.05) is 24.3 Å². The van der Waals surface area contributed by atoms with Crippen LogP contribution in [0.15, 0.2) is 28.7 Å². The zero-order valence-electron chi connectivity index (χ0n) is 11.7. The third kappa shape index (κ3) is 3.83. The summed E-state index contributed by atoms with van der Waals surface area (Å²) in [6, 6.07) is 7.82. The Kier molecular flexibility index (Phi) is 5.61. The largest absolute Gasteiger partial charge is 0.460 e. The summed E-state index contributed by atoms with van der Waals surface area (Å²) < 4.78 is 6.55. The number of hydrogen-bond donors (Lipinski definition) is 1. The second-order valence-electron chi connectivity index (χ2n) is 5.60. The Labute approximate surface area is 129 Å². The highest BCUT2D eigenvalue weighted by Gasteiger charge is 2.38. The first-order valence-corrected chi connectivity index (χ1v) is 8.07. The maximum absolute atomic E-state index is 12.4. The number of halogens is 1. The van der Waals surface area contributed by atoms with Crippen molar-refractivity contribution < 1.29 is 9.53 Å². The lowest BCUT2D eigenvalue weighted by molar-refractivity contribution is -0.157. The van der Waals surface area contributed by atoms with E-state index in [1.165, 1.54) is 12.8 Å². The lowest BCUT2D eigenvalue weighted by Gasteiger charge is -2.28. The molecule has 1 saturated carbocycles. The van der Waals surface area contributed by atoms with Crippen molar-refractivity contribution in [2.75, 3.05) is 6.54 Å². The number of hydrogen-bond acceptors (Lipinski definition) is 3. The van der Waals surface area contributed by atoms with E-state index >= 15 is 0 Å². The minimum Gasteiger partial charge on any atom is -0.460 e. The van der Waals surface area contributed by atoms with Crippen LogP contribution in [0.2, 0.25) is 0 Å². The van der Waals surface area contributed by atoms with Crippen LogP contribution in [0.1, 0.15) is 44.1 Å². The number of carbonyl (C=O) groups is 1. The van der Waals surface area contributed by atoms with E-state index in [0.29, 0.717) is 13.2 Å². The van der Waals surface area contributed by atoms with Gasteiger partial charge < -0.3 is 10.5 Å². The van der Waals surface area contributed by atoms with Crippen molar-refractivity contribution in [3.8, 4) is 0 Å². The predicted molar refractivity (Wildman–Crippen MR) is 83.1 cm³/mol. The van der Waals surface area contributed by atoms with Crippen LogP contribution < -0.4 is 5.73 Å². The van der Waals surface area contributed by atoms with Crippen LogP contribution >= 0.6 is 15.9 Å². The molecule has 1 aliphatic carbocycles. The Bertz CT molecular complexity index is 436. The molecule has 0 radical (unpaired) electrons. The Morgan fingerprint density at radius 2 is 1.75 bits per heavy atom. The standard InChI is InChI=1S/C16H22BrNO2/c17-14-7-5-13(6-8-14)11-20-15(19)16(12-18)9-3-1-2-4-10-16/h5-8H,1-4,9-12,18H2. The first-order chi connectivity index (χ1) is 9.66. The van der Waals surface area contributed by atoms with Crippen LogP contribution in [-0.4, -0.2) is 12.5 Å². The predicted octanol–water partition coefficient (Wildman–Crippen LogP) is 3.79. The lowest BCUT2D eigenvalue weighted by Crippen LogP contribution is -2.39. The van der Waals surface area contributed by atoms with Crippen molar-refractivity contribution in [3.05, 3.63) is 34.3 Å². The molecule has 1 fully saturated rings. The van der Waals surface area contributed by atoms with Gasteiger partial charge in [-0.1, -0.05) is 53.7 Å². The number of ether oxygens (including phenoxy) is 1. The zero-order chi connectivity index (χ0) is 14.4. The second kappa shape index (κ2) is 7.23. The second-order valence-corrected chi connectivity index (χ2v) is 6.52. The van der Waals surface area contributed by atoms with Gasteiger partial charge in [-0.15, -0.1) is 0 Å².